The molecule has 2 aromatic carbocycles. The molecule has 2 aliphatic heterocycles. The summed E-state index contributed by atoms with van der Waals surface area (Å²) in [7, 11) is 5.96. The largest absolute Gasteiger partial charge is 0.493 e. The van der Waals surface area contributed by atoms with Crippen molar-refractivity contribution < 1.29 is 67.3 Å². The summed E-state index contributed by atoms with van der Waals surface area (Å²) in [6.45, 7) is 2.66. The Hall–Kier alpha value is -3.30. The van der Waals surface area contributed by atoms with E-state index in [0.717, 1.165) is 59.5 Å². The second-order valence-electron chi connectivity index (χ2n) is 13.5. The minimum Gasteiger partial charge on any atom is -0.493 e. The van der Waals surface area contributed by atoms with Gasteiger partial charge >= 0.3 is 23.9 Å². The molecule has 2 saturated heterocycles. The van der Waals surface area contributed by atoms with Crippen LogP contribution in [-0.4, -0.2) is 143 Å². The third-order valence-electron chi connectivity index (χ3n) is 8.94. The molecule has 2 fully saturated rings. The molecule has 0 aromatic heterocycles. The summed E-state index contributed by atoms with van der Waals surface area (Å²) in [4.78, 5) is 48.1. The van der Waals surface area contributed by atoms with Gasteiger partial charge in [0, 0.05) is 57.8 Å². The third kappa shape index (κ3) is 16.7. The first-order valence-corrected chi connectivity index (χ1v) is 26.0. The molecule has 0 aliphatic carbocycles. The van der Waals surface area contributed by atoms with Gasteiger partial charge < -0.3 is 48.1 Å². The number of carbonyl (C=O) groups excluding carboxylic acids is 2. The van der Waals surface area contributed by atoms with Gasteiger partial charge in [-0.3, -0.25) is 0 Å². The molecule has 0 bridgehead atoms. The summed E-state index contributed by atoms with van der Waals surface area (Å²) >= 11 is 11.1. The molecule has 2 heterocycles. The Balaban J connectivity index is 1.53. The fourth-order valence-electron chi connectivity index (χ4n) is 5.88. The topological polar surface area (TPSA) is 183 Å². The van der Waals surface area contributed by atoms with Gasteiger partial charge in [-0.2, -0.15) is 23.5 Å². The standard InChI is InChI=1S/C42H54O14S6/c1-25(15-35(43)44)41(47)55-29(23-57-9-7-37-59-11-12-60-37)21-53-39-31(49-3)17-27(18-32(39)50-4)28-19-33(51-5)40(34(20-28)52-6)54-22-30(56-42(48)26(2)16-36(45)46)24-58-10-8-38-61-13-14-62-38/h15-20,29-30,37-38H,7-14,21-24H2,1-6H3,(H,43,44)(H,45,46)/b25-15-,26-16-. The Morgan fingerprint density at radius 2 is 0.935 bits per heavy atom. The second kappa shape index (κ2) is 27.1. The van der Waals surface area contributed by atoms with Crippen molar-refractivity contribution in [3.8, 4) is 45.6 Å². The molecule has 0 spiro atoms. The highest BCUT2D eigenvalue weighted by Gasteiger charge is 2.25. The van der Waals surface area contributed by atoms with E-state index in [-0.39, 0.29) is 35.9 Å². The number of thioether (sulfide) groups is 6. The van der Waals surface area contributed by atoms with E-state index in [4.69, 9.17) is 48.1 Å². The van der Waals surface area contributed by atoms with Crippen molar-refractivity contribution in [2.24, 2.45) is 0 Å². The van der Waals surface area contributed by atoms with E-state index in [1.54, 1.807) is 47.8 Å². The number of hydrogen-bond donors (Lipinski definition) is 2. The van der Waals surface area contributed by atoms with Gasteiger partial charge in [0.1, 0.15) is 25.4 Å². The van der Waals surface area contributed by atoms with Crippen LogP contribution in [0.3, 0.4) is 0 Å². The van der Waals surface area contributed by atoms with E-state index >= 15 is 0 Å². The van der Waals surface area contributed by atoms with E-state index in [1.165, 1.54) is 42.3 Å². The average molecular weight is 975 g/mol. The van der Waals surface area contributed by atoms with Gasteiger partial charge in [-0.25, -0.2) is 19.2 Å². The minimum atomic E-state index is -1.25. The Morgan fingerprint density at radius 3 is 1.23 bits per heavy atom. The third-order valence-corrected chi connectivity index (χ3v) is 17.5. The smallest absolute Gasteiger partial charge is 0.334 e. The Labute approximate surface area is 388 Å². The SMILES string of the molecule is COc1cc(-c2cc(OC)c(OCC(CSCCC3SCCS3)OC(=O)/C(C)=C\C(=O)O)c(OC)c2)cc(OC)c1OCC(CSCCC1SCCS1)OC(=O)/C(C)=C\C(=O)O. The molecule has 2 unspecified atom stereocenters. The number of ether oxygens (including phenoxy) is 8. The maximum atomic E-state index is 12.8. The monoisotopic (exact) mass is 974 g/mol. The molecule has 14 nitrogen and oxygen atoms in total. The zero-order chi connectivity index (χ0) is 45.0. The van der Waals surface area contributed by atoms with Gasteiger partial charge in [-0.05, 0) is 73.6 Å². The summed E-state index contributed by atoms with van der Waals surface area (Å²) in [5, 5.41) is 18.3. The van der Waals surface area contributed by atoms with Crippen LogP contribution in [0.4, 0.5) is 0 Å². The number of esters is 2. The molecular weight excluding hydrogens is 921 g/mol. The average Bonchev–Trinajstić information content (AvgIpc) is 3.98. The molecule has 0 radical (unpaired) electrons. The van der Waals surface area contributed by atoms with E-state index in [9.17, 15) is 19.2 Å². The summed E-state index contributed by atoms with van der Waals surface area (Å²) in [5.74, 6) is 4.99. The number of aliphatic carboxylic acids is 2. The van der Waals surface area contributed by atoms with Crippen LogP contribution in [0, 0.1) is 0 Å². The molecule has 2 N–H and O–H groups in total. The highest BCUT2D eigenvalue weighted by atomic mass is 32.2. The van der Waals surface area contributed by atoms with Gasteiger partial charge in [-0.15, -0.1) is 47.0 Å². The van der Waals surface area contributed by atoms with Gasteiger partial charge in [0.2, 0.25) is 11.5 Å². The summed E-state index contributed by atoms with van der Waals surface area (Å²) < 4.78 is 48.2. The van der Waals surface area contributed by atoms with Crippen LogP contribution in [0.25, 0.3) is 11.1 Å². The minimum absolute atomic E-state index is 0.0424. The molecular formula is C42H54O14S6. The maximum absolute atomic E-state index is 12.8. The number of hydrogen-bond acceptors (Lipinski definition) is 18. The van der Waals surface area contributed by atoms with Crippen molar-refractivity contribution in [3.05, 3.63) is 47.6 Å². The molecule has 4 rings (SSSR count). The normalized spacial score (nSPS) is 15.7. The van der Waals surface area contributed by atoms with Crippen molar-refractivity contribution in [1.29, 1.82) is 0 Å². The van der Waals surface area contributed by atoms with Crippen molar-refractivity contribution in [3.63, 3.8) is 0 Å². The molecule has 0 amide bonds. The number of carbonyl (C=O) groups is 4. The predicted octanol–water partition coefficient (Wildman–Crippen LogP) is 7.89. The molecule has 2 aromatic rings. The number of benzene rings is 2. The lowest BCUT2D eigenvalue weighted by Crippen LogP contribution is -2.28. The molecule has 2 aliphatic rings. The first kappa shape index (κ1) is 51.3. The lowest BCUT2D eigenvalue weighted by Gasteiger charge is -2.22. The number of carboxylic acid groups (broad SMARTS) is 2. The number of rotatable bonds is 27. The van der Waals surface area contributed by atoms with E-state index in [0.29, 0.717) is 54.8 Å². The van der Waals surface area contributed by atoms with Gasteiger partial charge in [0.15, 0.2) is 23.0 Å². The van der Waals surface area contributed by atoms with Gasteiger partial charge in [0.05, 0.1) is 37.6 Å². The highest BCUT2D eigenvalue weighted by Crippen LogP contribution is 2.46. The van der Waals surface area contributed by atoms with Gasteiger partial charge in [0.25, 0.3) is 0 Å². The van der Waals surface area contributed by atoms with Crippen LogP contribution < -0.4 is 28.4 Å². The predicted molar refractivity (Wildman–Crippen MR) is 253 cm³/mol. The summed E-state index contributed by atoms with van der Waals surface area (Å²) in [5.41, 5.74) is 1.21. The maximum Gasteiger partial charge on any atom is 0.334 e. The molecule has 0 saturated carbocycles. The van der Waals surface area contributed by atoms with Crippen LogP contribution in [-0.2, 0) is 28.7 Å². The fourth-order valence-corrected chi connectivity index (χ4v) is 14.1. The van der Waals surface area contributed by atoms with Crippen molar-refractivity contribution in [2.75, 3.05) is 87.7 Å². The summed E-state index contributed by atoms with van der Waals surface area (Å²) in [6.07, 6.45) is 2.20. The molecule has 2 atom stereocenters. The van der Waals surface area contributed by atoms with Crippen LogP contribution in [0.5, 0.6) is 34.5 Å². The first-order chi connectivity index (χ1) is 29.8. The van der Waals surface area contributed by atoms with Crippen molar-refractivity contribution in [1.82, 2.24) is 0 Å². The fraction of sp³-hybridized carbons (Fsp3) is 0.524. The lowest BCUT2D eigenvalue weighted by atomic mass is 10.0. The highest BCUT2D eigenvalue weighted by molar-refractivity contribution is 8.20. The van der Waals surface area contributed by atoms with E-state index < -0.39 is 36.1 Å². The van der Waals surface area contributed by atoms with Crippen LogP contribution in [0.2, 0.25) is 0 Å². The number of methoxy groups -OCH3 is 4. The molecule has 342 valence electrons. The Bertz CT molecular complexity index is 1700. The van der Waals surface area contributed by atoms with Crippen LogP contribution in [0.1, 0.15) is 26.7 Å². The molecule has 62 heavy (non-hydrogen) atoms. The number of carboxylic acids is 2. The Kier molecular flexibility index (Phi) is 22.5. The van der Waals surface area contributed by atoms with Crippen LogP contribution >= 0.6 is 70.6 Å². The summed E-state index contributed by atoms with van der Waals surface area (Å²) in [6, 6.07) is 7.01. The van der Waals surface area contributed by atoms with Crippen LogP contribution in [0.15, 0.2) is 47.6 Å². The van der Waals surface area contributed by atoms with E-state index in [1.807, 2.05) is 47.0 Å². The molecule has 20 heteroatoms. The van der Waals surface area contributed by atoms with Gasteiger partial charge in [-0.1, -0.05) is 0 Å². The second-order valence-corrected chi connectivity index (χ2v) is 21.6. The van der Waals surface area contributed by atoms with Crippen molar-refractivity contribution in [2.45, 2.75) is 48.1 Å². The lowest BCUT2D eigenvalue weighted by molar-refractivity contribution is -0.145. The quantitative estimate of drug-likeness (QED) is 0.0500. The first-order valence-electron chi connectivity index (χ1n) is 19.5. The van der Waals surface area contributed by atoms with E-state index in [2.05, 4.69) is 0 Å². The van der Waals surface area contributed by atoms with Crippen molar-refractivity contribution >= 4 is 94.4 Å². The Morgan fingerprint density at radius 1 is 0.613 bits per heavy atom. The zero-order valence-electron chi connectivity index (χ0n) is 35.5. The zero-order valence-corrected chi connectivity index (χ0v) is 40.4.